The molecule has 0 heterocycles. The highest BCUT2D eigenvalue weighted by Gasteiger charge is 2.13. The first-order chi connectivity index (χ1) is 24.6. The lowest BCUT2D eigenvalue weighted by Crippen LogP contribution is -2.18. The van der Waals surface area contributed by atoms with Gasteiger partial charge in [-0.15, -0.1) is 0 Å². The van der Waals surface area contributed by atoms with Gasteiger partial charge in [-0.1, -0.05) is 184 Å². The van der Waals surface area contributed by atoms with E-state index in [4.69, 9.17) is 9.84 Å². The Bertz CT molecular complexity index is 839. The quantitative estimate of drug-likeness (QED) is 0.0394. The van der Waals surface area contributed by atoms with Crippen LogP contribution in [0.3, 0.4) is 0 Å². The highest BCUT2D eigenvalue weighted by atomic mass is 16.5. The number of carbonyl (C=O) groups excluding carboxylic acids is 1. The minimum Gasteiger partial charge on any atom is -0.481 e. The number of hydrogen-bond acceptors (Lipinski definition) is 3. The molecule has 50 heavy (non-hydrogen) atoms. The van der Waals surface area contributed by atoms with Crippen LogP contribution in [-0.2, 0) is 14.3 Å². The summed E-state index contributed by atoms with van der Waals surface area (Å²) in [5.41, 5.74) is 0. The molecule has 1 unspecified atom stereocenters. The zero-order valence-corrected chi connectivity index (χ0v) is 33.2. The average molecular weight is 699 g/mol. The minimum atomic E-state index is -0.664. The molecule has 0 saturated carbocycles. The summed E-state index contributed by atoms with van der Waals surface area (Å²) < 4.78 is 5.94. The number of esters is 1. The van der Waals surface area contributed by atoms with Gasteiger partial charge in [0.15, 0.2) is 0 Å². The van der Waals surface area contributed by atoms with Gasteiger partial charge in [0.05, 0.1) is 0 Å². The number of hydrogen-bond donors (Lipinski definition) is 1. The van der Waals surface area contributed by atoms with Gasteiger partial charge < -0.3 is 9.84 Å². The van der Waals surface area contributed by atoms with Crippen LogP contribution in [-0.4, -0.2) is 23.1 Å². The van der Waals surface area contributed by atoms with Gasteiger partial charge in [-0.3, -0.25) is 9.59 Å². The number of carboxylic acids is 1. The van der Waals surface area contributed by atoms with E-state index in [-0.39, 0.29) is 12.1 Å². The maximum Gasteiger partial charge on any atom is 0.306 e. The van der Waals surface area contributed by atoms with Crippen molar-refractivity contribution in [3.05, 3.63) is 48.6 Å². The molecule has 0 rings (SSSR count). The largest absolute Gasteiger partial charge is 0.481 e. The van der Waals surface area contributed by atoms with E-state index in [0.717, 1.165) is 83.5 Å². The third-order valence-corrected chi connectivity index (χ3v) is 9.55. The summed E-state index contributed by atoms with van der Waals surface area (Å²) >= 11 is 0. The highest BCUT2D eigenvalue weighted by Crippen LogP contribution is 2.18. The van der Waals surface area contributed by atoms with Crippen molar-refractivity contribution in [2.75, 3.05) is 0 Å². The second-order valence-corrected chi connectivity index (χ2v) is 14.5. The zero-order valence-electron chi connectivity index (χ0n) is 33.2. The van der Waals surface area contributed by atoms with Crippen LogP contribution < -0.4 is 0 Å². The Kier molecular flexibility index (Phi) is 39.6. The lowest BCUT2D eigenvalue weighted by atomic mass is 10.0. The van der Waals surface area contributed by atoms with E-state index in [0.29, 0.717) is 12.8 Å². The van der Waals surface area contributed by atoms with E-state index >= 15 is 0 Å². The van der Waals surface area contributed by atoms with Crippen LogP contribution in [0.2, 0.25) is 0 Å². The van der Waals surface area contributed by atoms with Gasteiger partial charge in [0.1, 0.15) is 6.10 Å². The van der Waals surface area contributed by atoms with E-state index < -0.39 is 5.97 Å². The number of carbonyl (C=O) groups is 2. The fraction of sp³-hybridized carbons (Fsp3) is 0.783. The van der Waals surface area contributed by atoms with Gasteiger partial charge in [-0.25, -0.2) is 0 Å². The molecule has 0 aliphatic rings. The minimum absolute atomic E-state index is 0.0109. The van der Waals surface area contributed by atoms with E-state index in [1.807, 2.05) is 0 Å². The normalized spacial score (nSPS) is 12.7. The van der Waals surface area contributed by atoms with E-state index in [2.05, 4.69) is 62.5 Å². The van der Waals surface area contributed by atoms with Crippen molar-refractivity contribution in [1.29, 1.82) is 0 Å². The Morgan fingerprint density at radius 1 is 0.440 bits per heavy atom. The van der Waals surface area contributed by atoms with E-state index in [1.54, 1.807) is 0 Å². The van der Waals surface area contributed by atoms with E-state index in [9.17, 15) is 9.59 Å². The van der Waals surface area contributed by atoms with Crippen molar-refractivity contribution >= 4 is 11.9 Å². The van der Waals surface area contributed by atoms with Crippen LogP contribution in [0.5, 0.6) is 0 Å². The van der Waals surface area contributed by atoms with Crippen LogP contribution in [0.15, 0.2) is 48.6 Å². The van der Waals surface area contributed by atoms with E-state index in [1.165, 1.54) is 116 Å². The van der Waals surface area contributed by atoms with Crippen molar-refractivity contribution in [3.8, 4) is 0 Å². The first-order valence-corrected chi connectivity index (χ1v) is 21.6. The molecule has 1 atom stereocenters. The second kappa shape index (κ2) is 41.3. The zero-order chi connectivity index (χ0) is 36.4. The molecule has 0 fully saturated rings. The smallest absolute Gasteiger partial charge is 0.306 e. The van der Waals surface area contributed by atoms with Crippen molar-refractivity contribution in [3.63, 3.8) is 0 Å². The maximum atomic E-state index is 12.5. The first kappa shape index (κ1) is 47.9. The predicted molar refractivity (Wildman–Crippen MR) is 218 cm³/mol. The summed E-state index contributed by atoms with van der Waals surface area (Å²) in [5.74, 6) is -0.654. The summed E-state index contributed by atoms with van der Waals surface area (Å²) in [6.45, 7) is 4.46. The summed E-state index contributed by atoms with van der Waals surface area (Å²) in [6, 6.07) is 0. The molecule has 0 aromatic carbocycles. The van der Waals surface area contributed by atoms with Gasteiger partial charge in [0, 0.05) is 12.8 Å². The number of allylic oxidation sites excluding steroid dienone is 8. The predicted octanol–water partition coefficient (Wildman–Crippen LogP) is 15.1. The molecule has 0 radical (unpaired) electrons. The Morgan fingerprint density at radius 3 is 1.26 bits per heavy atom. The summed E-state index contributed by atoms with van der Waals surface area (Å²) in [7, 11) is 0. The van der Waals surface area contributed by atoms with Gasteiger partial charge in [-0.05, 0) is 77.0 Å². The molecule has 290 valence electrons. The highest BCUT2D eigenvalue weighted by molar-refractivity contribution is 5.69. The lowest BCUT2D eigenvalue weighted by molar-refractivity contribution is -0.150. The Labute approximate surface area is 311 Å². The van der Waals surface area contributed by atoms with Crippen molar-refractivity contribution in [2.45, 2.75) is 232 Å². The Morgan fingerprint density at radius 2 is 0.800 bits per heavy atom. The molecule has 0 aliphatic carbocycles. The average Bonchev–Trinajstić information content (AvgIpc) is 3.10. The van der Waals surface area contributed by atoms with Gasteiger partial charge in [-0.2, -0.15) is 0 Å². The van der Waals surface area contributed by atoms with Crippen LogP contribution in [0.1, 0.15) is 226 Å². The fourth-order valence-electron chi connectivity index (χ4n) is 6.33. The Hall–Kier alpha value is -2.10. The SMILES string of the molecule is CCCCC/C=C\C/C=C\C/C=C\C/C=C\CCCCCC(=O)OC(CCCC)CCCCCCCCCCCCCCCCCCC(=O)O. The summed E-state index contributed by atoms with van der Waals surface area (Å²) in [5, 5.41) is 8.67. The number of ether oxygens (including phenoxy) is 1. The van der Waals surface area contributed by atoms with Crippen molar-refractivity contribution < 1.29 is 19.4 Å². The fourth-order valence-corrected chi connectivity index (χ4v) is 6.33. The topological polar surface area (TPSA) is 63.6 Å². The number of aliphatic carboxylic acids is 1. The summed E-state index contributed by atoms with van der Waals surface area (Å²) in [6.07, 6.45) is 56.2. The van der Waals surface area contributed by atoms with Crippen molar-refractivity contribution in [1.82, 2.24) is 0 Å². The Balaban J connectivity index is 3.69. The third kappa shape index (κ3) is 40.3. The third-order valence-electron chi connectivity index (χ3n) is 9.55. The molecular weight excluding hydrogens is 617 g/mol. The number of rotatable bonds is 39. The van der Waals surface area contributed by atoms with Gasteiger partial charge in [0.2, 0.25) is 0 Å². The maximum absolute atomic E-state index is 12.5. The molecule has 4 nitrogen and oxygen atoms in total. The lowest BCUT2D eigenvalue weighted by Gasteiger charge is -2.18. The molecule has 4 heteroatoms. The summed E-state index contributed by atoms with van der Waals surface area (Å²) in [4.78, 5) is 23.1. The first-order valence-electron chi connectivity index (χ1n) is 21.6. The van der Waals surface area contributed by atoms with Gasteiger partial charge in [0.25, 0.3) is 0 Å². The van der Waals surface area contributed by atoms with Crippen molar-refractivity contribution in [2.24, 2.45) is 0 Å². The van der Waals surface area contributed by atoms with Gasteiger partial charge >= 0.3 is 11.9 Å². The molecule has 0 aliphatic heterocycles. The molecule has 0 spiro atoms. The number of carboxylic acid groups (broad SMARTS) is 1. The molecule has 0 aromatic rings. The monoisotopic (exact) mass is 699 g/mol. The molecule has 0 amide bonds. The molecule has 1 N–H and O–H groups in total. The molecule has 0 bridgehead atoms. The second-order valence-electron chi connectivity index (χ2n) is 14.5. The van der Waals surface area contributed by atoms with Crippen LogP contribution in [0.4, 0.5) is 0 Å². The standard InChI is InChI=1S/C46H82O4/c1-3-5-7-8-9-10-11-12-13-14-15-16-21-24-27-30-33-36-39-43-46(49)50-44(40-6-4-2)41-37-34-31-28-25-22-19-17-18-20-23-26-29-32-35-38-42-45(47)48/h9-10,12-13,15-16,24,27,44H,3-8,11,14,17-23,25-26,28-43H2,1-2H3,(H,47,48)/b10-9-,13-12-,16-15-,27-24-. The molecule has 0 aromatic heterocycles. The molecule has 0 saturated heterocycles. The van der Waals surface area contributed by atoms with Crippen LogP contribution in [0.25, 0.3) is 0 Å². The molecular formula is C46H82O4. The van der Waals surface area contributed by atoms with Crippen LogP contribution in [0, 0.1) is 0 Å². The van der Waals surface area contributed by atoms with Crippen LogP contribution >= 0.6 is 0 Å². The number of unbranched alkanes of at least 4 members (excludes halogenated alkanes) is 22.